The van der Waals surface area contributed by atoms with Crippen molar-refractivity contribution in [3.05, 3.63) is 71.3 Å². The van der Waals surface area contributed by atoms with E-state index < -0.39 is 17.7 Å². The lowest BCUT2D eigenvalue weighted by molar-refractivity contribution is -0.140. The molecule has 1 aliphatic rings. The van der Waals surface area contributed by atoms with Gasteiger partial charge in [-0.15, -0.1) is 0 Å². The summed E-state index contributed by atoms with van der Waals surface area (Å²) in [5, 5.41) is 11.0. The van der Waals surface area contributed by atoms with E-state index in [0.29, 0.717) is 11.3 Å². The van der Waals surface area contributed by atoms with Crippen molar-refractivity contribution in [2.45, 2.75) is 6.04 Å². The lowest BCUT2D eigenvalue weighted by Crippen LogP contribution is -2.32. The lowest BCUT2D eigenvalue weighted by atomic mass is 9.95. The number of likely N-dealkylation sites (tertiary alicyclic amines) is 1. The molecule has 0 spiro atoms. The molecular formula is C21H21NO5. The summed E-state index contributed by atoms with van der Waals surface area (Å²) < 4.78 is 10.4. The van der Waals surface area contributed by atoms with Crippen molar-refractivity contribution in [1.82, 2.24) is 4.90 Å². The first-order chi connectivity index (χ1) is 13.1. The number of methoxy groups -OCH3 is 2. The summed E-state index contributed by atoms with van der Waals surface area (Å²) in [5.41, 5.74) is 1.15. The molecule has 1 unspecified atom stereocenters. The third-order valence-corrected chi connectivity index (χ3v) is 4.55. The van der Waals surface area contributed by atoms with E-state index in [-0.39, 0.29) is 24.5 Å². The molecule has 6 nitrogen and oxygen atoms in total. The van der Waals surface area contributed by atoms with E-state index in [1.54, 1.807) is 24.3 Å². The second-order valence-electron chi connectivity index (χ2n) is 6.10. The molecule has 6 heteroatoms. The Bertz CT molecular complexity index is 875. The van der Waals surface area contributed by atoms with Crippen LogP contribution in [0.25, 0.3) is 5.76 Å². The molecule has 0 aliphatic carbocycles. The zero-order valence-electron chi connectivity index (χ0n) is 15.2. The number of hydrogen-bond donors (Lipinski definition) is 1. The molecule has 2 aromatic rings. The van der Waals surface area contributed by atoms with Gasteiger partial charge in [0.25, 0.3) is 11.7 Å². The number of benzene rings is 2. The second-order valence-corrected chi connectivity index (χ2v) is 6.10. The van der Waals surface area contributed by atoms with E-state index >= 15 is 0 Å². The number of aliphatic hydroxyl groups is 1. The topological polar surface area (TPSA) is 76.1 Å². The van der Waals surface area contributed by atoms with Crippen LogP contribution >= 0.6 is 0 Å². The number of para-hydroxylation sites is 1. The van der Waals surface area contributed by atoms with Crippen LogP contribution in [0.5, 0.6) is 5.75 Å². The van der Waals surface area contributed by atoms with Crippen molar-refractivity contribution in [1.29, 1.82) is 0 Å². The van der Waals surface area contributed by atoms with Gasteiger partial charge in [0, 0.05) is 13.7 Å². The Balaban J connectivity index is 2.18. The van der Waals surface area contributed by atoms with Crippen LogP contribution in [0.2, 0.25) is 0 Å². The van der Waals surface area contributed by atoms with Gasteiger partial charge in [-0.1, -0.05) is 42.5 Å². The first kappa shape index (κ1) is 18.7. The number of nitrogens with zero attached hydrogens (tertiary/aromatic N) is 1. The summed E-state index contributed by atoms with van der Waals surface area (Å²) in [6.45, 7) is 0.522. The highest BCUT2D eigenvalue weighted by Gasteiger charge is 2.46. The molecule has 1 amide bonds. The SMILES string of the molecule is COCCN1C(=O)C(=O)/C(=C(\O)c2ccccc2OC)C1c1ccccc1. The minimum Gasteiger partial charge on any atom is -0.507 e. The number of carbonyl (C=O) groups excluding carboxylic acids is 2. The van der Waals surface area contributed by atoms with Gasteiger partial charge in [0.05, 0.1) is 30.9 Å². The summed E-state index contributed by atoms with van der Waals surface area (Å²) in [5.74, 6) is -1.20. The van der Waals surface area contributed by atoms with Crippen molar-refractivity contribution in [3.8, 4) is 5.75 Å². The molecule has 27 heavy (non-hydrogen) atoms. The Kier molecular flexibility index (Phi) is 5.57. The molecule has 0 bridgehead atoms. The fourth-order valence-electron chi connectivity index (χ4n) is 3.27. The van der Waals surface area contributed by atoms with Crippen molar-refractivity contribution in [3.63, 3.8) is 0 Å². The fourth-order valence-corrected chi connectivity index (χ4v) is 3.27. The Hall–Kier alpha value is -3.12. The normalized spacial score (nSPS) is 18.7. The van der Waals surface area contributed by atoms with Crippen LogP contribution in [0, 0.1) is 0 Å². The standard InChI is InChI=1S/C21H21NO5/c1-26-13-12-22-18(14-8-4-3-5-9-14)17(20(24)21(22)25)19(23)15-10-6-7-11-16(15)27-2/h3-11,18,23H,12-13H2,1-2H3/b19-17-. The monoisotopic (exact) mass is 367 g/mol. The van der Waals surface area contributed by atoms with E-state index in [1.165, 1.54) is 19.1 Å². The van der Waals surface area contributed by atoms with Crippen LogP contribution in [0.1, 0.15) is 17.2 Å². The van der Waals surface area contributed by atoms with Crippen LogP contribution in [-0.2, 0) is 14.3 Å². The smallest absolute Gasteiger partial charge is 0.295 e. The number of carbonyl (C=O) groups is 2. The second kappa shape index (κ2) is 8.05. The van der Waals surface area contributed by atoms with Gasteiger partial charge < -0.3 is 19.5 Å². The number of amides is 1. The highest BCUT2D eigenvalue weighted by Crippen LogP contribution is 2.40. The number of ether oxygens (including phenoxy) is 2. The maximum atomic E-state index is 12.8. The molecule has 3 rings (SSSR count). The van der Waals surface area contributed by atoms with E-state index in [9.17, 15) is 14.7 Å². The molecule has 140 valence electrons. The first-order valence-electron chi connectivity index (χ1n) is 8.55. The molecule has 1 aliphatic heterocycles. The average Bonchev–Trinajstić information content (AvgIpc) is 2.97. The van der Waals surface area contributed by atoms with Crippen LogP contribution in [0.4, 0.5) is 0 Å². The van der Waals surface area contributed by atoms with Gasteiger partial charge in [-0.05, 0) is 17.7 Å². The highest BCUT2D eigenvalue weighted by molar-refractivity contribution is 6.46. The van der Waals surface area contributed by atoms with Gasteiger partial charge in [0.2, 0.25) is 0 Å². The van der Waals surface area contributed by atoms with E-state index in [4.69, 9.17) is 9.47 Å². The quantitative estimate of drug-likeness (QED) is 0.483. The molecule has 0 aromatic heterocycles. The van der Waals surface area contributed by atoms with Crippen LogP contribution < -0.4 is 4.74 Å². The van der Waals surface area contributed by atoms with Gasteiger partial charge in [-0.25, -0.2) is 0 Å². The summed E-state index contributed by atoms with van der Waals surface area (Å²) in [6, 6.07) is 15.3. The van der Waals surface area contributed by atoms with E-state index in [1.807, 2.05) is 30.3 Å². The molecule has 1 saturated heterocycles. The number of aliphatic hydroxyl groups excluding tert-OH is 1. The van der Waals surface area contributed by atoms with Crippen molar-refractivity contribution < 1.29 is 24.2 Å². The molecule has 1 heterocycles. The highest BCUT2D eigenvalue weighted by atomic mass is 16.5. The minimum absolute atomic E-state index is 0.0480. The molecular weight excluding hydrogens is 346 g/mol. The van der Waals surface area contributed by atoms with Crippen LogP contribution in [-0.4, -0.2) is 49.1 Å². The van der Waals surface area contributed by atoms with Gasteiger partial charge >= 0.3 is 0 Å². The zero-order valence-corrected chi connectivity index (χ0v) is 15.2. The van der Waals surface area contributed by atoms with Crippen LogP contribution in [0.3, 0.4) is 0 Å². The number of Topliss-reactive ketones (excluding diaryl/α,β-unsaturated/α-hetero) is 1. The molecule has 0 saturated carbocycles. The maximum Gasteiger partial charge on any atom is 0.295 e. The fraction of sp³-hybridized carbons (Fsp3) is 0.238. The number of ketones is 1. The predicted molar refractivity (Wildman–Crippen MR) is 100 cm³/mol. The van der Waals surface area contributed by atoms with Gasteiger partial charge in [-0.2, -0.15) is 0 Å². The number of hydrogen-bond acceptors (Lipinski definition) is 5. The van der Waals surface area contributed by atoms with E-state index in [0.717, 1.165) is 5.56 Å². The van der Waals surface area contributed by atoms with Gasteiger partial charge in [0.1, 0.15) is 11.5 Å². The summed E-state index contributed by atoms with van der Waals surface area (Å²) >= 11 is 0. The first-order valence-corrected chi connectivity index (χ1v) is 8.55. The van der Waals surface area contributed by atoms with Crippen LogP contribution in [0.15, 0.2) is 60.2 Å². The Labute approximate surface area is 157 Å². The third kappa shape index (κ3) is 3.44. The Morgan fingerprint density at radius 1 is 1.04 bits per heavy atom. The molecule has 1 N–H and O–H groups in total. The molecule has 1 atom stereocenters. The summed E-state index contributed by atoms with van der Waals surface area (Å²) in [6.07, 6.45) is 0. The average molecular weight is 367 g/mol. The van der Waals surface area contributed by atoms with Crippen molar-refractivity contribution in [2.75, 3.05) is 27.4 Å². The zero-order chi connectivity index (χ0) is 19.4. The Morgan fingerprint density at radius 3 is 2.37 bits per heavy atom. The minimum atomic E-state index is -0.719. The maximum absolute atomic E-state index is 12.8. The molecule has 1 fully saturated rings. The summed E-state index contributed by atoms with van der Waals surface area (Å²) in [4.78, 5) is 26.9. The van der Waals surface area contributed by atoms with Crippen molar-refractivity contribution >= 4 is 17.4 Å². The number of rotatable bonds is 6. The predicted octanol–water partition coefficient (Wildman–Crippen LogP) is 2.76. The Morgan fingerprint density at radius 2 is 1.70 bits per heavy atom. The molecule has 2 aromatic carbocycles. The lowest BCUT2D eigenvalue weighted by Gasteiger charge is -2.25. The summed E-state index contributed by atoms with van der Waals surface area (Å²) in [7, 11) is 3.01. The molecule has 0 radical (unpaired) electrons. The van der Waals surface area contributed by atoms with Gasteiger partial charge in [-0.3, -0.25) is 9.59 Å². The van der Waals surface area contributed by atoms with E-state index in [2.05, 4.69) is 0 Å². The van der Waals surface area contributed by atoms with Crippen molar-refractivity contribution in [2.24, 2.45) is 0 Å². The third-order valence-electron chi connectivity index (χ3n) is 4.55. The largest absolute Gasteiger partial charge is 0.507 e. The van der Waals surface area contributed by atoms with Gasteiger partial charge in [0.15, 0.2) is 0 Å².